The number of halogens is 2. The summed E-state index contributed by atoms with van der Waals surface area (Å²) in [6.07, 6.45) is 0. The Balaban J connectivity index is 0.000000247. The van der Waals surface area contributed by atoms with Gasteiger partial charge in [0.15, 0.2) is 0 Å². The zero-order valence-corrected chi connectivity index (χ0v) is 42.0. The van der Waals surface area contributed by atoms with Gasteiger partial charge in [-0.2, -0.15) is 0 Å². The second-order valence-electron chi connectivity index (χ2n) is 16.2. The van der Waals surface area contributed by atoms with Crippen molar-refractivity contribution in [2.24, 2.45) is 0 Å². The van der Waals surface area contributed by atoms with Gasteiger partial charge in [-0.1, -0.05) is 36.4 Å². The van der Waals surface area contributed by atoms with E-state index >= 15 is 0 Å². The highest BCUT2D eigenvalue weighted by Crippen LogP contribution is 2.44. The minimum atomic E-state index is -0.938. The predicted molar refractivity (Wildman–Crippen MR) is 268 cm³/mol. The highest BCUT2D eigenvalue weighted by atomic mass is 35.5. The second kappa shape index (κ2) is 23.4. The van der Waals surface area contributed by atoms with Crippen LogP contribution in [-0.4, -0.2) is 62.9 Å². The highest BCUT2D eigenvalue weighted by Gasteiger charge is 2.25. The Morgan fingerprint density at radius 1 is 0.662 bits per heavy atom. The Morgan fingerprint density at radius 3 is 1.90 bits per heavy atom. The number of aryl methyl sites for hydroxylation is 2. The number of esters is 1. The summed E-state index contributed by atoms with van der Waals surface area (Å²) < 4.78 is 20.6. The minimum absolute atomic E-state index is 0. The third-order valence-corrected chi connectivity index (χ3v) is 12.2. The van der Waals surface area contributed by atoms with Gasteiger partial charge >= 0.3 is 11.9 Å². The van der Waals surface area contributed by atoms with Crippen LogP contribution >= 0.6 is 0 Å². The number of carbonyl (C=O) groups is 2. The predicted octanol–water partition coefficient (Wildman–Crippen LogP) is 4.00. The van der Waals surface area contributed by atoms with Crippen LogP contribution in [0.25, 0.3) is 66.8 Å². The smallest absolute Gasteiger partial charge is 0.338 e. The van der Waals surface area contributed by atoms with Crippen molar-refractivity contribution in [2.75, 3.05) is 56.1 Å². The van der Waals surface area contributed by atoms with Gasteiger partial charge in [-0.05, 0) is 121 Å². The van der Waals surface area contributed by atoms with Gasteiger partial charge in [0, 0.05) is 87.8 Å². The maximum absolute atomic E-state index is 12.9. The molecule has 0 saturated heterocycles. The van der Waals surface area contributed by atoms with Gasteiger partial charge < -0.3 is 53.7 Å². The number of anilines is 2. The number of aromatic carboxylic acids is 1. The van der Waals surface area contributed by atoms with Crippen molar-refractivity contribution >= 4 is 45.3 Å². The van der Waals surface area contributed by atoms with Crippen LogP contribution in [0.4, 0.5) is 11.4 Å². The van der Waals surface area contributed by atoms with Crippen LogP contribution in [0, 0.1) is 13.8 Å². The topological polar surface area (TPSA) is 122 Å². The molecule has 8 rings (SSSR count). The van der Waals surface area contributed by atoms with Crippen LogP contribution in [0.1, 0.15) is 80.3 Å². The molecule has 0 spiro atoms. The fourth-order valence-electron chi connectivity index (χ4n) is 8.96. The Labute approximate surface area is 411 Å². The number of hydrogen-bond acceptors (Lipinski definition) is 7. The summed E-state index contributed by atoms with van der Waals surface area (Å²) in [5.74, 6) is 0.257. The number of fused-ring (bicyclic) bond motifs is 4. The highest BCUT2D eigenvalue weighted by molar-refractivity contribution is 6.09. The first-order valence-electron chi connectivity index (χ1n) is 23.3. The van der Waals surface area contributed by atoms with Gasteiger partial charge in [-0.25, -0.2) is 19.2 Å². The molecule has 2 aliphatic carbocycles. The van der Waals surface area contributed by atoms with Crippen LogP contribution in [0.15, 0.2) is 118 Å². The summed E-state index contributed by atoms with van der Waals surface area (Å²) >= 11 is 0. The normalized spacial score (nSPS) is 11.2. The van der Waals surface area contributed by atoms with E-state index in [0.717, 1.165) is 134 Å². The molecule has 4 aromatic rings. The maximum Gasteiger partial charge on any atom is 0.338 e. The Hall–Kier alpha value is -6.62. The van der Waals surface area contributed by atoms with Crippen LogP contribution in [0.3, 0.4) is 0 Å². The van der Waals surface area contributed by atoms with E-state index in [1.165, 1.54) is 0 Å². The largest absolute Gasteiger partial charge is 1.00 e. The molecule has 0 saturated carbocycles. The molecule has 0 atom stereocenters. The monoisotopic (exact) mass is 956 g/mol. The third kappa shape index (κ3) is 10.6. The van der Waals surface area contributed by atoms with E-state index in [1.54, 1.807) is 12.1 Å². The molecule has 0 aromatic heterocycles. The molecule has 2 aliphatic heterocycles. The van der Waals surface area contributed by atoms with E-state index in [0.29, 0.717) is 17.7 Å². The zero-order valence-electron chi connectivity index (χ0n) is 40.5. The van der Waals surface area contributed by atoms with Crippen molar-refractivity contribution in [3.05, 3.63) is 142 Å². The first-order chi connectivity index (χ1) is 32.0. The first-order valence-corrected chi connectivity index (χ1v) is 23.3. The average molecular weight is 958 g/mol. The van der Waals surface area contributed by atoms with Crippen molar-refractivity contribution in [3.8, 4) is 44.9 Å². The Kier molecular flexibility index (Phi) is 18.0. The van der Waals surface area contributed by atoms with Gasteiger partial charge in [0.2, 0.25) is 10.7 Å². The number of benzene rings is 6. The van der Waals surface area contributed by atoms with Crippen LogP contribution in [0.5, 0.6) is 0 Å². The Bertz CT molecular complexity index is 3150. The van der Waals surface area contributed by atoms with E-state index in [4.69, 9.17) is 13.6 Å². The van der Waals surface area contributed by atoms with Gasteiger partial charge in [-0.15, -0.1) is 0 Å². The Morgan fingerprint density at radius 2 is 1.28 bits per heavy atom. The van der Waals surface area contributed by atoms with Crippen LogP contribution in [0.2, 0.25) is 0 Å². The van der Waals surface area contributed by atoms with E-state index < -0.39 is 5.97 Å². The van der Waals surface area contributed by atoms with E-state index in [1.807, 2.05) is 43.3 Å². The van der Waals surface area contributed by atoms with Gasteiger partial charge in [0.1, 0.15) is 42.3 Å². The zero-order chi connectivity index (χ0) is 47.1. The van der Waals surface area contributed by atoms with Crippen LogP contribution in [-0.2, 0) is 4.74 Å². The molecule has 3 N–H and O–H groups in total. The molecule has 0 bridgehead atoms. The lowest BCUT2D eigenvalue weighted by molar-refractivity contribution is -0.496. The lowest BCUT2D eigenvalue weighted by atomic mass is 9.89. The van der Waals surface area contributed by atoms with Crippen molar-refractivity contribution in [1.29, 1.82) is 0 Å². The average Bonchev–Trinajstić information content (AvgIpc) is 3.32. The van der Waals surface area contributed by atoms with Crippen molar-refractivity contribution in [2.45, 2.75) is 62.3 Å². The molecule has 2 heterocycles. The number of carbonyl (C=O) groups excluding carboxylic acids is 1. The molecule has 0 fully saturated rings. The molecule has 68 heavy (non-hydrogen) atoms. The standard InChI is InChI=1S/2C28H30N2O3.2ClH/c1-6-29-23-15-25-21(13-17(23)4)27(19-11-9-10-12-20(19)28(31)32-8-3)22-14-18(5)24(30-7-2)16-26(22)33-25;1-5-29(6-2)19-13-15-23-25(17-19)33-26-18-20(30(7-3)8-4)14-16-24(26)27(23)21-11-9-10-12-22(21)28(31)32;;/h9-16,29H,6-8H2,1-5H3;9-18H,5-8H2,1-4H3;2*1H. The molecular formula is C56H62Cl2N4O6. The summed E-state index contributed by atoms with van der Waals surface area (Å²) in [4.78, 5) is 30.6. The molecule has 0 radical (unpaired) electrons. The number of rotatable bonds is 13. The number of carboxylic acids is 1. The number of nitrogens with zero attached hydrogens (tertiary/aromatic N) is 2. The molecular weight excluding hydrogens is 896 g/mol. The molecule has 0 amide bonds. The molecule has 0 unspecified atom stereocenters. The third-order valence-electron chi connectivity index (χ3n) is 12.2. The number of hydrogen-bond donors (Lipinski definition) is 3. The van der Waals surface area contributed by atoms with Crippen LogP contribution < -0.4 is 55.3 Å². The van der Waals surface area contributed by atoms with Crippen molar-refractivity contribution in [1.82, 2.24) is 4.58 Å². The van der Waals surface area contributed by atoms with E-state index in [2.05, 4.69) is 136 Å². The summed E-state index contributed by atoms with van der Waals surface area (Å²) in [7, 11) is 0. The van der Waals surface area contributed by atoms with Gasteiger partial charge in [-0.3, -0.25) is 0 Å². The number of carboxylic acid groups (broad SMARTS) is 1. The fourth-order valence-corrected chi connectivity index (χ4v) is 8.96. The maximum atomic E-state index is 12.9. The fraction of sp³-hybridized carbons (Fsp3) is 0.286. The number of ether oxygens (including phenoxy) is 1. The van der Waals surface area contributed by atoms with Crippen molar-refractivity contribution < 1.29 is 58.1 Å². The lowest BCUT2D eigenvalue weighted by Crippen LogP contribution is -3.00. The lowest BCUT2D eigenvalue weighted by Gasteiger charge is -2.22. The van der Waals surface area contributed by atoms with Gasteiger partial charge in [0.05, 0.1) is 29.9 Å². The summed E-state index contributed by atoms with van der Waals surface area (Å²) in [5, 5.41) is 17.3. The molecule has 12 heteroatoms. The number of nitrogens with one attached hydrogen (secondary N) is 2. The summed E-state index contributed by atoms with van der Waals surface area (Å²) in [5.41, 5.74) is 12.0. The van der Waals surface area contributed by atoms with Crippen molar-refractivity contribution in [3.63, 3.8) is 0 Å². The molecule has 4 aliphatic rings. The molecule has 356 valence electrons. The molecule has 10 nitrogen and oxygen atoms in total. The minimum Gasteiger partial charge on any atom is -1.00 e. The van der Waals surface area contributed by atoms with E-state index in [-0.39, 0.29) is 36.3 Å². The molecule has 4 aromatic carbocycles. The van der Waals surface area contributed by atoms with E-state index in [9.17, 15) is 14.7 Å². The van der Waals surface area contributed by atoms with Gasteiger partial charge in [0.25, 0.3) is 0 Å². The quantitative estimate of drug-likeness (QED) is 0.0903. The summed E-state index contributed by atoms with van der Waals surface area (Å²) in [6, 6.07) is 35.7. The first kappa shape index (κ1) is 52.4. The summed E-state index contributed by atoms with van der Waals surface area (Å²) in [6.45, 7) is 24.3. The second-order valence-corrected chi connectivity index (χ2v) is 16.2. The SMILES string of the molecule is CCN(CC)c1ccc2c(-c3ccccc3C(=O)O)c3ccc(=[N+](CC)CC)cc-3oc2c1.CCNc1cc2oc3cc(=[NH+]CC)c(C)cc-3c(-c3ccccc3C(=O)OCC)c2cc1C.[Cl-].[Cl-].